The van der Waals surface area contributed by atoms with Crippen LogP contribution in [0, 0.1) is 5.41 Å². The van der Waals surface area contributed by atoms with Gasteiger partial charge in [0.2, 0.25) is 5.91 Å². The van der Waals surface area contributed by atoms with Crippen molar-refractivity contribution in [3.8, 4) is 0 Å². The van der Waals surface area contributed by atoms with Crippen LogP contribution in [0.15, 0.2) is 47.2 Å². The van der Waals surface area contributed by atoms with Crippen LogP contribution in [-0.4, -0.2) is 23.9 Å². The van der Waals surface area contributed by atoms with E-state index >= 15 is 0 Å². The molecule has 0 aliphatic heterocycles. The van der Waals surface area contributed by atoms with E-state index in [0.29, 0.717) is 6.42 Å². The number of rotatable bonds is 8. The molecule has 0 aliphatic rings. The lowest BCUT2D eigenvalue weighted by atomic mass is 9.94. The second-order valence-corrected chi connectivity index (χ2v) is 11.3. The summed E-state index contributed by atoms with van der Waals surface area (Å²) in [7, 11) is -4.32. The summed E-state index contributed by atoms with van der Waals surface area (Å²) in [4.78, 5) is 18.7. The highest BCUT2D eigenvalue weighted by atomic mass is 32.2. The van der Waals surface area contributed by atoms with Crippen LogP contribution in [0.3, 0.4) is 0 Å². The Bertz CT molecular complexity index is 1120. The summed E-state index contributed by atoms with van der Waals surface area (Å²) in [6.07, 6.45) is 1.25. The van der Waals surface area contributed by atoms with Crippen molar-refractivity contribution in [1.29, 1.82) is 0 Å². The van der Waals surface area contributed by atoms with E-state index in [1.54, 1.807) is 35.6 Å². The quantitative estimate of drug-likeness (QED) is 0.414. The van der Waals surface area contributed by atoms with Gasteiger partial charge in [-0.25, -0.2) is 4.98 Å². The largest absolute Gasteiger partial charge is 0.357 e. The zero-order chi connectivity index (χ0) is 22.6. The number of benzene rings is 1. The van der Waals surface area contributed by atoms with Crippen molar-refractivity contribution >= 4 is 44.6 Å². The summed E-state index contributed by atoms with van der Waals surface area (Å²) in [5.74, 6) is -0.0721. The SMILES string of the molecule is CC(C)(C)C(=O)N[C@@H](Cc1ccc(NS(=O)(=O)O)cc1)c1nc(Cc2cccs2)cs1. The van der Waals surface area contributed by atoms with Crippen LogP contribution in [0.4, 0.5) is 5.69 Å². The number of amides is 1. The molecule has 1 atom stereocenters. The summed E-state index contributed by atoms with van der Waals surface area (Å²) in [6.45, 7) is 5.58. The molecule has 3 N–H and O–H groups in total. The van der Waals surface area contributed by atoms with Crippen molar-refractivity contribution in [2.45, 2.75) is 39.7 Å². The van der Waals surface area contributed by atoms with Crippen molar-refractivity contribution in [2.75, 3.05) is 4.72 Å². The summed E-state index contributed by atoms with van der Waals surface area (Å²) in [6, 6.07) is 10.4. The van der Waals surface area contributed by atoms with Gasteiger partial charge in [0.1, 0.15) is 5.01 Å². The van der Waals surface area contributed by atoms with E-state index in [4.69, 9.17) is 9.54 Å². The minimum absolute atomic E-state index is 0.0721. The molecule has 0 radical (unpaired) electrons. The predicted molar refractivity (Wildman–Crippen MR) is 125 cm³/mol. The molecule has 0 saturated carbocycles. The number of aromatic nitrogens is 1. The summed E-state index contributed by atoms with van der Waals surface area (Å²) in [5.41, 5.74) is 1.58. The first-order chi connectivity index (χ1) is 14.5. The molecule has 0 saturated heterocycles. The highest BCUT2D eigenvalue weighted by Crippen LogP contribution is 2.26. The lowest BCUT2D eigenvalue weighted by Gasteiger charge is -2.23. The summed E-state index contributed by atoms with van der Waals surface area (Å²) >= 11 is 3.20. The molecular formula is C21H25N3O4S3. The molecule has 2 aromatic heterocycles. The van der Waals surface area contributed by atoms with Crippen molar-refractivity contribution in [2.24, 2.45) is 5.41 Å². The topological polar surface area (TPSA) is 108 Å². The van der Waals surface area contributed by atoms with E-state index in [-0.39, 0.29) is 17.6 Å². The van der Waals surface area contributed by atoms with E-state index < -0.39 is 15.7 Å². The monoisotopic (exact) mass is 479 g/mol. The average molecular weight is 480 g/mol. The first-order valence-electron chi connectivity index (χ1n) is 9.61. The van der Waals surface area contributed by atoms with Crippen LogP contribution in [0.25, 0.3) is 0 Å². The fourth-order valence-corrected chi connectivity index (χ4v) is 4.85. The number of thiazole rings is 1. The van der Waals surface area contributed by atoms with Gasteiger partial charge in [-0.3, -0.25) is 14.1 Å². The predicted octanol–water partition coefficient (Wildman–Crippen LogP) is 4.46. The molecule has 2 heterocycles. The molecule has 166 valence electrons. The van der Waals surface area contributed by atoms with Gasteiger partial charge in [0, 0.05) is 22.1 Å². The lowest BCUT2D eigenvalue weighted by molar-refractivity contribution is -0.129. The third-order valence-electron chi connectivity index (χ3n) is 4.43. The van der Waals surface area contributed by atoms with Gasteiger partial charge in [-0.15, -0.1) is 22.7 Å². The number of hydrogen-bond acceptors (Lipinski definition) is 6. The second kappa shape index (κ2) is 9.47. The molecule has 3 rings (SSSR count). The molecule has 0 fully saturated rings. The van der Waals surface area contributed by atoms with Crippen molar-refractivity contribution in [1.82, 2.24) is 10.3 Å². The van der Waals surface area contributed by atoms with Crippen LogP contribution in [0.1, 0.15) is 48.0 Å². The number of hydrogen-bond donors (Lipinski definition) is 3. The van der Waals surface area contributed by atoms with Crippen molar-refractivity contribution in [3.63, 3.8) is 0 Å². The summed E-state index contributed by atoms with van der Waals surface area (Å²) in [5, 5.41) is 7.99. The number of thiophene rings is 1. The van der Waals surface area contributed by atoms with Gasteiger partial charge in [-0.05, 0) is 35.6 Å². The third kappa shape index (κ3) is 7.13. The van der Waals surface area contributed by atoms with Crippen LogP contribution in [0.5, 0.6) is 0 Å². The minimum atomic E-state index is -4.32. The molecule has 1 amide bonds. The van der Waals surface area contributed by atoms with Gasteiger partial charge in [0.15, 0.2) is 0 Å². The maximum Gasteiger partial charge on any atom is 0.357 e. The smallest absolute Gasteiger partial charge is 0.346 e. The molecule has 0 unspecified atom stereocenters. The lowest BCUT2D eigenvalue weighted by Crippen LogP contribution is -2.38. The number of carbonyl (C=O) groups is 1. The molecular weight excluding hydrogens is 454 g/mol. The normalized spacial score (nSPS) is 13.0. The Balaban J connectivity index is 1.80. The van der Waals surface area contributed by atoms with Gasteiger partial charge >= 0.3 is 10.3 Å². The average Bonchev–Trinajstić information content (AvgIpc) is 3.33. The van der Waals surface area contributed by atoms with Crippen LogP contribution in [0.2, 0.25) is 0 Å². The van der Waals surface area contributed by atoms with Crippen LogP contribution >= 0.6 is 22.7 Å². The first kappa shape index (κ1) is 23.4. The Labute approximate surface area is 190 Å². The van der Waals surface area contributed by atoms with Crippen molar-refractivity contribution < 1.29 is 17.8 Å². The zero-order valence-electron chi connectivity index (χ0n) is 17.5. The summed E-state index contributed by atoms with van der Waals surface area (Å²) < 4.78 is 32.9. The molecule has 0 bridgehead atoms. The Morgan fingerprint density at radius 3 is 2.45 bits per heavy atom. The highest BCUT2D eigenvalue weighted by Gasteiger charge is 2.26. The van der Waals surface area contributed by atoms with E-state index in [0.717, 1.165) is 22.7 Å². The fraction of sp³-hybridized carbons (Fsp3) is 0.333. The number of carbonyl (C=O) groups excluding carboxylic acids is 1. The van der Waals surface area contributed by atoms with Gasteiger partial charge < -0.3 is 5.32 Å². The Hall–Kier alpha value is -2.27. The molecule has 3 aromatic rings. The highest BCUT2D eigenvalue weighted by molar-refractivity contribution is 7.87. The molecule has 7 nitrogen and oxygen atoms in total. The Morgan fingerprint density at radius 1 is 1.16 bits per heavy atom. The third-order valence-corrected chi connectivity index (χ3v) is 6.81. The number of nitrogens with one attached hydrogen (secondary N) is 2. The molecule has 0 spiro atoms. The standard InChI is InChI=1S/C21H25N3O4S3/c1-21(2,3)20(25)23-18(11-14-6-8-15(9-7-14)24-31(26,27)28)19-22-16(13-30-19)12-17-5-4-10-29-17/h4-10,13,18,24H,11-12H2,1-3H3,(H,23,25)(H,26,27,28)/t18-/m0/s1. The maximum atomic E-state index is 12.7. The van der Waals surface area contributed by atoms with Crippen molar-refractivity contribution in [3.05, 3.63) is 68.3 Å². The van der Waals surface area contributed by atoms with Gasteiger partial charge in [0.05, 0.1) is 17.4 Å². The molecule has 31 heavy (non-hydrogen) atoms. The minimum Gasteiger partial charge on any atom is -0.346 e. The van der Waals surface area contributed by atoms with Crippen LogP contribution < -0.4 is 10.0 Å². The fourth-order valence-electron chi connectivity index (χ4n) is 2.82. The number of nitrogens with zero attached hydrogens (tertiary/aromatic N) is 1. The second-order valence-electron chi connectivity index (χ2n) is 8.19. The molecule has 0 aliphatic carbocycles. The Kier molecular flexibility index (Phi) is 7.15. The molecule has 1 aromatic carbocycles. The Morgan fingerprint density at radius 2 is 1.87 bits per heavy atom. The van der Waals surface area contributed by atoms with E-state index in [1.165, 1.54) is 16.2 Å². The van der Waals surface area contributed by atoms with Gasteiger partial charge in [0.25, 0.3) is 0 Å². The maximum absolute atomic E-state index is 12.7. The van der Waals surface area contributed by atoms with E-state index in [1.807, 2.05) is 42.3 Å². The first-order valence-corrected chi connectivity index (χ1v) is 12.8. The zero-order valence-corrected chi connectivity index (χ0v) is 19.9. The van der Waals surface area contributed by atoms with Gasteiger partial charge in [-0.1, -0.05) is 39.0 Å². The van der Waals surface area contributed by atoms with E-state index in [2.05, 4.69) is 11.4 Å². The molecule has 10 heteroatoms. The number of anilines is 1. The van der Waals surface area contributed by atoms with Gasteiger partial charge in [-0.2, -0.15) is 8.42 Å². The van der Waals surface area contributed by atoms with E-state index in [9.17, 15) is 13.2 Å². The van der Waals surface area contributed by atoms with Crippen LogP contribution in [-0.2, 0) is 27.9 Å².